The van der Waals surface area contributed by atoms with Crippen LogP contribution in [0.4, 0.5) is 0 Å². The fourth-order valence-corrected chi connectivity index (χ4v) is 1.99. The molecule has 0 aliphatic rings. The molecule has 1 aromatic heterocycles. The molecule has 21 heavy (non-hydrogen) atoms. The normalized spacial score (nSPS) is 10.7. The van der Waals surface area contributed by atoms with Crippen LogP contribution in [0.25, 0.3) is 0 Å². The van der Waals surface area contributed by atoms with Gasteiger partial charge in [-0.25, -0.2) is 4.98 Å². The van der Waals surface area contributed by atoms with Gasteiger partial charge in [0.25, 0.3) is 0 Å². The van der Waals surface area contributed by atoms with E-state index in [-0.39, 0.29) is 6.10 Å². The lowest BCUT2D eigenvalue weighted by molar-refractivity contribution is 0.241. The Bertz CT molecular complexity index is 532. The minimum absolute atomic E-state index is 0.147. The predicted octanol–water partition coefficient (Wildman–Crippen LogP) is 5.00. The fourth-order valence-electron chi connectivity index (χ4n) is 1.99. The van der Waals surface area contributed by atoms with E-state index >= 15 is 0 Å². The standard InChI is InChI=1S/C18H23NO2/c1-4-5-6-15-7-9-16(10-8-15)21-18-12-11-17(13-19-18)20-14(2)3/h7-14H,4-6H2,1-3H3. The summed E-state index contributed by atoms with van der Waals surface area (Å²) in [6, 6.07) is 11.9. The van der Waals surface area contributed by atoms with E-state index in [4.69, 9.17) is 9.47 Å². The highest BCUT2D eigenvalue weighted by Crippen LogP contribution is 2.22. The van der Waals surface area contributed by atoms with Gasteiger partial charge < -0.3 is 9.47 Å². The molecular weight excluding hydrogens is 262 g/mol. The maximum Gasteiger partial charge on any atom is 0.219 e. The van der Waals surface area contributed by atoms with E-state index in [0.29, 0.717) is 5.88 Å². The number of hydrogen-bond donors (Lipinski definition) is 0. The Morgan fingerprint density at radius 1 is 1.00 bits per heavy atom. The van der Waals surface area contributed by atoms with Crippen LogP contribution in [-0.2, 0) is 6.42 Å². The van der Waals surface area contributed by atoms with E-state index in [1.54, 1.807) is 6.20 Å². The van der Waals surface area contributed by atoms with Gasteiger partial charge in [-0.15, -0.1) is 0 Å². The van der Waals surface area contributed by atoms with E-state index in [1.807, 2.05) is 38.1 Å². The summed E-state index contributed by atoms with van der Waals surface area (Å²) in [5.74, 6) is 2.14. The van der Waals surface area contributed by atoms with Crippen molar-refractivity contribution < 1.29 is 9.47 Å². The number of aromatic nitrogens is 1. The molecule has 0 amide bonds. The minimum Gasteiger partial charge on any atom is -0.489 e. The highest BCUT2D eigenvalue weighted by atomic mass is 16.5. The summed E-state index contributed by atoms with van der Waals surface area (Å²) in [5.41, 5.74) is 1.35. The lowest BCUT2D eigenvalue weighted by Crippen LogP contribution is -2.05. The zero-order valence-corrected chi connectivity index (χ0v) is 13.0. The van der Waals surface area contributed by atoms with E-state index in [2.05, 4.69) is 24.0 Å². The Hall–Kier alpha value is -2.03. The zero-order chi connectivity index (χ0) is 15.1. The maximum atomic E-state index is 5.73. The van der Waals surface area contributed by atoms with Gasteiger partial charge in [-0.05, 0) is 50.5 Å². The smallest absolute Gasteiger partial charge is 0.219 e. The van der Waals surface area contributed by atoms with Crippen LogP contribution < -0.4 is 9.47 Å². The third-order valence-electron chi connectivity index (χ3n) is 3.05. The number of unbranched alkanes of at least 4 members (excludes halogenated alkanes) is 1. The van der Waals surface area contributed by atoms with E-state index in [0.717, 1.165) is 17.9 Å². The SMILES string of the molecule is CCCCc1ccc(Oc2ccc(OC(C)C)cn2)cc1. The average Bonchev–Trinajstić information content (AvgIpc) is 2.48. The third kappa shape index (κ3) is 5.10. The highest BCUT2D eigenvalue weighted by Gasteiger charge is 2.02. The number of rotatable bonds is 7. The first kappa shape index (κ1) is 15.4. The predicted molar refractivity (Wildman–Crippen MR) is 85.1 cm³/mol. The van der Waals surface area contributed by atoms with Crippen molar-refractivity contribution in [1.82, 2.24) is 4.98 Å². The van der Waals surface area contributed by atoms with Crippen LogP contribution in [0.5, 0.6) is 17.4 Å². The molecule has 0 atom stereocenters. The molecule has 2 aromatic rings. The van der Waals surface area contributed by atoms with Crippen molar-refractivity contribution in [2.45, 2.75) is 46.1 Å². The molecule has 3 heteroatoms. The second-order valence-corrected chi connectivity index (χ2v) is 5.35. The van der Waals surface area contributed by atoms with Crippen LogP contribution in [0.15, 0.2) is 42.6 Å². The maximum absolute atomic E-state index is 5.73. The summed E-state index contributed by atoms with van der Waals surface area (Å²) < 4.78 is 11.3. The number of ether oxygens (including phenoxy) is 2. The van der Waals surface area contributed by atoms with E-state index < -0.39 is 0 Å². The topological polar surface area (TPSA) is 31.4 Å². The molecule has 2 rings (SSSR count). The molecule has 0 saturated carbocycles. The second-order valence-electron chi connectivity index (χ2n) is 5.35. The molecule has 112 valence electrons. The first-order chi connectivity index (χ1) is 10.2. The van der Waals surface area contributed by atoms with Crippen LogP contribution in [-0.4, -0.2) is 11.1 Å². The molecular formula is C18H23NO2. The monoisotopic (exact) mass is 285 g/mol. The largest absolute Gasteiger partial charge is 0.489 e. The van der Waals surface area contributed by atoms with Crippen molar-refractivity contribution in [3.63, 3.8) is 0 Å². The van der Waals surface area contributed by atoms with Crippen LogP contribution >= 0.6 is 0 Å². The van der Waals surface area contributed by atoms with Gasteiger partial charge in [0.05, 0.1) is 12.3 Å². The van der Waals surface area contributed by atoms with Gasteiger partial charge in [0, 0.05) is 6.07 Å². The van der Waals surface area contributed by atoms with Gasteiger partial charge in [-0.3, -0.25) is 0 Å². The number of benzene rings is 1. The van der Waals surface area contributed by atoms with Crippen molar-refractivity contribution in [2.24, 2.45) is 0 Å². The molecule has 0 aliphatic heterocycles. The molecule has 1 heterocycles. The van der Waals surface area contributed by atoms with Crippen molar-refractivity contribution in [3.05, 3.63) is 48.2 Å². The van der Waals surface area contributed by atoms with Crippen LogP contribution in [0.1, 0.15) is 39.2 Å². The number of nitrogens with zero attached hydrogens (tertiary/aromatic N) is 1. The Balaban J connectivity index is 1.94. The molecule has 0 fully saturated rings. The number of aryl methyl sites for hydroxylation is 1. The molecule has 0 aliphatic carbocycles. The third-order valence-corrected chi connectivity index (χ3v) is 3.05. The average molecular weight is 285 g/mol. The van der Waals surface area contributed by atoms with Gasteiger partial charge in [0.1, 0.15) is 11.5 Å². The summed E-state index contributed by atoms with van der Waals surface area (Å²) >= 11 is 0. The number of pyridine rings is 1. The van der Waals surface area contributed by atoms with Gasteiger partial charge in [-0.1, -0.05) is 25.5 Å². The zero-order valence-electron chi connectivity index (χ0n) is 13.0. The molecule has 1 aromatic carbocycles. The van der Waals surface area contributed by atoms with Crippen LogP contribution in [0, 0.1) is 0 Å². The van der Waals surface area contributed by atoms with Crippen molar-refractivity contribution in [1.29, 1.82) is 0 Å². The van der Waals surface area contributed by atoms with Crippen molar-refractivity contribution >= 4 is 0 Å². The van der Waals surface area contributed by atoms with Crippen LogP contribution in [0.3, 0.4) is 0 Å². The lowest BCUT2D eigenvalue weighted by atomic mass is 10.1. The first-order valence-corrected chi connectivity index (χ1v) is 7.57. The van der Waals surface area contributed by atoms with Gasteiger partial charge in [0.2, 0.25) is 5.88 Å². The second kappa shape index (κ2) is 7.67. The Kier molecular flexibility index (Phi) is 5.61. The number of hydrogen-bond acceptors (Lipinski definition) is 3. The summed E-state index contributed by atoms with van der Waals surface area (Å²) in [5, 5.41) is 0. The van der Waals surface area contributed by atoms with E-state index in [1.165, 1.54) is 18.4 Å². The quantitative estimate of drug-likeness (QED) is 0.717. The summed E-state index contributed by atoms with van der Waals surface area (Å²) in [7, 11) is 0. The van der Waals surface area contributed by atoms with Crippen molar-refractivity contribution in [3.8, 4) is 17.4 Å². The molecule has 0 spiro atoms. The summed E-state index contributed by atoms with van der Waals surface area (Å²) in [4.78, 5) is 4.25. The molecule has 0 unspecified atom stereocenters. The minimum atomic E-state index is 0.147. The molecule has 0 bridgehead atoms. The van der Waals surface area contributed by atoms with E-state index in [9.17, 15) is 0 Å². The van der Waals surface area contributed by atoms with Gasteiger partial charge >= 0.3 is 0 Å². The summed E-state index contributed by atoms with van der Waals surface area (Å²) in [6.45, 7) is 6.19. The molecule has 3 nitrogen and oxygen atoms in total. The van der Waals surface area contributed by atoms with Gasteiger partial charge in [0.15, 0.2) is 0 Å². The summed E-state index contributed by atoms with van der Waals surface area (Å²) in [6.07, 6.45) is 5.39. The van der Waals surface area contributed by atoms with Crippen molar-refractivity contribution in [2.75, 3.05) is 0 Å². The fraction of sp³-hybridized carbons (Fsp3) is 0.389. The van der Waals surface area contributed by atoms with Gasteiger partial charge in [-0.2, -0.15) is 0 Å². The Morgan fingerprint density at radius 3 is 2.29 bits per heavy atom. The highest BCUT2D eigenvalue weighted by molar-refractivity contribution is 5.31. The molecule has 0 saturated heterocycles. The molecule has 0 radical (unpaired) electrons. The Morgan fingerprint density at radius 2 is 1.71 bits per heavy atom. The first-order valence-electron chi connectivity index (χ1n) is 7.57. The van der Waals surface area contributed by atoms with Crippen LogP contribution in [0.2, 0.25) is 0 Å². The molecule has 0 N–H and O–H groups in total. The Labute approximate surface area is 126 Å². The lowest BCUT2D eigenvalue weighted by Gasteiger charge is -2.10.